The Morgan fingerprint density at radius 2 is 2.17 bits per heavy atom. The summed E-state index contributed by atoms with van der Waals surface area (Å²) < 4.78 is 10.5. The zero-order valence-electron chi connectivity index (χ0n) is 6.36. The van der Waals surface area contributed by atoms with E-state index in [9.17, 15) is 4.79 Å². The van der Waals surface area contributed by atoms with Crippen molar-refractivity contribution >= 4 is 17.6 Å². The lowest BCUT2D eigenvalue weighted by atomic mass is 10.2. The predicted octanol–water partition coefficient (Wildman–Crippen LogP) is 1.61. The van der Waals surface area contributed by atoms with Crippen LogP contribution >= 0.6 is 11.3 Å². The van der Waals surface area contributed by atoms with Crippen LogP contribution in [0.1, 0.15) is 22.2 Å². The molecular formula is C8H8O3S. The summed E-state index contributed by atoms with van der Waals surface area (Å²) in [4.78, 5) is 10.5. The predicted molar refractivity (Wildman–Crippen MR) is 44.4 cm³/mol. The molecule has 0 amide bonds. The van der Waals surface area contributed by atoms with Crippen LogP contribution in [0.2, 0.25) is 0 Å². The molecule has 1 aliphatic heterocycles. The van der Waals surface area contributed by atoms with E-state index >= 15 is 0 Å². The molecule has 1 saturated heterocycles. The van der Waals surface area contributed by atoms with Crippen LogP contribution in [0.4, 0.5) is 0 Å². The highest BCUT2D eigenvalue weighted by Gasteiger charge is 2.21. The Morgan fingerprint density at radius 1 is 1.42 bits per heavy atom. The number of carbonyl (C=O) groups is 1. The van der Waals surface area contributed by atoms with E-state index in [1.54, 1.807) is 5.38 Å². The Morgan fingerprint density at radius 3 is 2.83 bits per heavy atom. The summed E-state index contributed by atoms with van der Waals surface area (Å²) in [6.07, 6.45) is 0.507. The van der Waals surface area contributed by atoms with Crippen molar-refractivity contribution in [2.24, 2.45) is 0 Å². The van der Waals surface area contributed by atoms with Crippen LogP contribution < -0.4 is 0 Å². The highest BCUT2D eigenvalue weighted by Crippen LogP contribution is 2.27. The van der Waals surface area contributed by atoms with E-state index in [1.807, 2.05) is 5.38 Å². The maximum absolute atomic E-state index is 10.5. The fourth-order valence-electron chi connectivity index (χ4n) is 1.14. The lowest BCUT2D eigenvalue weighted by Crippen LogP contribution is -1.98. The molecule has 12 heavy (non-hydrogen) atoms. The van der Waals surface area contributed by atoms with Gasteiger partial charge < -0.3 is 9.47 Å². The molecule has 0 N–H and O–H groups in total. The van der Waals surface area contributed by atoms with Crippen molar-refractivity contribution in [1.82, 2.24) is 0 Å². The normalized spacial score (nSPS) is 18.3. The highest BCUT2D eigenvalue weighted by atomic mass is 32.1. The van der Waals surface area contributed by atoms with Crippen molar-refractivity contribution in [3.63, 3.8) is 0 Å². The van der Waals surface area contributed by atoms with Crippen LogP contribution in [-0.4, -0.2) is 19.5 Å². The first-order valence-electron chi connectivity index (χ1n) is 3.66. The van der Waals surface area contributed by atoms with Gasteiger partial charge in [-0.3, -0.25) is 4.79 Å². The van der Waals surface area contributed by atoms with Crippen LogP contribution in [0.15, 0.2) is 10.8 Å². The van der Waals surface area contributed by atoms with Gasteiger partial charge in [0.1, 0.15) is 0 Å². The van der Waals surface area contributed by atoms with Gasteiger partial charge in [0.15, 0.2) is 12.6 Å². The fraction of sp³-hybridized carbons (Fsp3) is 0.375. The molecule has 1 aromatic rings. The Bertz CT molecular complexity index is 276. The molecule has 2 rings (SSSR count). The summed E-state index contributed by atoms with van der Waals surface area (Å²) in [6.45, 7) is 1.22. The van der Waals surface area contributed by atoms with Gasteiger partial charge in [-0.05, 0) is 5.38 Å². The summed E-state index contributed by atoms with van der Waals surface area (Å²) in [5.74, 6) is 0. The van der Waals surface area contributed by atoms with Crippen molar-refractivity contribution in [3.05, 3.63) is 21.9 Å². The van der Waals surface area contributed by atoms with Crippen molar-refractivity contribution in [2.75, 3.05) is 13.2 Å². The molecule has 64 valence electrons. The minimum Gasteiger partial charge on any atom is -0.346 e. The maximum Gasteiger partial charge on any atom is 0.185 e. The van der Waals surface area contributed by atoms with Gasteiger partial charge in [0.05, 0.1) is 13.2 Å². The molecule has 0 unspecified atom stereocenters. The smallest absolute Gasteiger partial charge is 0.185 e. The molecule has 0 radical (unpaired) electrons. The molecule has 3 nitrogen and oxygen atoms in total. The molecule has 2 heterocycles. The van der Waals surface area contributed by atoms with Crippen LogP contribution in [0.3, 0.4) is 0 Å². The summed E-state index contributed by atoms with van der Waals surface area (Å²) in [6, 6.07) is 0. The Hall–Kier alpha value is -0.710. The summed E-state index contributed by atoms with van der Waals surface area (Å²) in [5, 5.41) is 3.69. The summed E-state index contributed by atoms with van der Waals surface area (Å²) in [5.41, 5.74) is 1.53. The zero-order chi connectivity index (χ0) is 8.39. The molecule has 0 aromatic carbocycles. The molecule has 0 spiro atoms. The molecule has 0 bridgehead atoms. The Labute approximate surface area is 73.9 Å². The maximum atomic E-state index is 10.5. The minimum absolute atomic E-state index is 0.323. The van der Waals surface area contributed by atoms with Gasteiger partial charge in [0, 0.05) is 16.5 Å². The van der Waals surface area contributed by atoms with E-state index in [0.717, 1.165) is 11.8 Å². The second-order valence-electron chi connectivity index (χ2n) is 2.47. The third-order valence-corrected chi connectivity index (χ3v) is 2.51. The van der Waals surface area contributed by atoms with Gasteiger partial charge in [-0.1, -0.05) is 0 Å². The van der Waals surface area contributed by atoms with Gasteiger partial charge in [-0.25, -0.2) is 0 Å². The van der Waals surface area contributed by atoms with Crippen LogP contribution in [0.25, 0.3) is 0 Å². The first-order valence-corrected chi connectivity index (χ1v) is 4.60. The number of ether oxygens (including phenoxy) is 2. The Balaban J connectivity index is 2.25. The van der Waals surface area contributed by atoms with E-state index in [2.05, 4.69) is 0 Å². The lowest BCUT2D eigenvalue weighted by Gasteiger charge is -2.06. The van der Waals surface area contributed by atoms with E-state index in [-0.39, 0.29) is 6.29 Å². The van der Waals surface area contributed by atoms with E-state index in [4.69, 9.17) is 9.47 Å². The van der Waals surface area contributed by atoms with Crippen LogP contribution in [-0.2, 0) is 9.47 Å². The third kappa shape index (κ3) is 1.29. The molecule has 4 heteroatoms. The van der Waals surface area contributed by atoms with Gasteiger partial charge in [-0.2, -0.15) is 11.3 Å². The van der Waals surface area contributed by atoms with E-state index in [0.29, 0.717) is 18.8 Å². The minimum atomic E-state index is -0.323. The molecule has 0 atom stereocenters. The largest absolute Gasteiger partial charge is 0.346 e. The van der Waals surface area contributed by atoms with Gasteiger partial charge in [0.25, 0.3) is 0 Å². The van der Waals surface area contributed by atoms with Gasteiger partial charge in [-0.15, -0.1) is 0 Å². The molecule has 0 saturated carbocycles. The average molecular weight is 184 g/mol. The van der Waals surface area contributed by atoms with Gasteiger partial charge >= 0.3 is 0 Å². The summed E-state index contributed by atoms with van der Waals surface area (Å²) >= 11 is 1.49. The van der Waals surface area contributed by atoms with Crippen LogP contribution in [0.5, 0.6) is 0 Å². The SMILES string of the molecule is O=Cc1cscc1C1OCCO1. The standard InChI is InChI=1S/C8H8O3S/c9-3-6-4-12-5-7(6)8-10-1-2-11-8/h3-5,8H,1-2H2. The number of carbonyl (C=O) groups excluding carboxylic acids is 1. The second kappa shape index (κ2) is 3.35. The van der Waals surface area contributed by atoms with Gasteiger partial charge in [0.2, 0.25) is 0 Å². The quantitative estimate of drug-likeness (QED) is 0.655. The zero-order valence-corrected chi connectivity index (χ0v) is 7.17. The van der Waals surface area contributed by atoms with Crippen molar-refractivity contribution in [2.45, 2.75) is 6.29 Å². The topological polar surface area (TPSA) is 35.5 Å². The van der Waals surface area contributed by atoms with Crippen molar-refractivity contribution in [1.29, 1.82) is 0 Å². The highest BCUT2D eigenvalue weighted by molar-refractivity contribution is 7.08. The first kappa shape index (κ1) is 7.91. The number of aldehydes is 1. The number of hydrogen-bond acceptors (Lipinski definition) is 4. The summed E-state index contributed by atoms with van der Waals surface area (Å²) in [7, 11) is 0. The monoisotopic (exact) mass is 184 g/mol. The second-order valence-corrected chi connectivity index (χ2v) is 3.22. The molecule has 1 aliphatic rings. The Kier molecular flexibility index (Phi) is 2.21. The first-order chi connectivity index (χ1) is 5.92. The number of thiophene rings is 1. The fourth-order valence-corrected chi connectivity index (χ4v) is 1.94. The third-order valence-electron chi connectivity index (χ3n) is 1.73. The van der Waals surface area contributed by atoms with Crippen LogP contribution in [0, 0.1) is 0 Å². The average Bonchev–Trinajstić information content (AvgIpc) is 2.74. The molecule has 1 fully saturated rings. The number of hydrogen-bond donors (Lipinski definition) is 0. The number of rotatable bonds is 2. The van der Waals surface area contributed by atoms with Crippen molar-refractivity contribution < 1.29 is 14.3 Å². The van der Waals surface area contributed by atoms with E-state index < -0.39 is 0 Å². The molecule has 0 aliphatic carbocycles. The molecule has 1 aromatic heterocycles. The van der Waals surface area contributed by atoms with Crippen molar-refractivity contribution in [3.8, 4) is 0 Å². The van der Waals surface area contributed by atoms with E-state index in [1.165, 1.54) is 11.3 Å². The lowest BCUT2D eigenvalue weighted by molar-refractivity contribution is -0.0441. The molecular weight excluding hydrogens is 176 g/mol.